The average molecular weight is 470 g/mol. The number of hydrogen-bond donors (Lipinski definition) is 3. The van der Waals surface area contributed by atoms with Crippen molar-refractivity contribution < 1.29 is 19.0 Å². The lowest BCUT2D eigenvalue weighted by Crippen LogP contribution is -2.45. The predicted molar refractivity (Wildman–Crippen MR) is 125 cm³/mol. The van der Waals surface area contributed by atoms with Crippen molar-refractivity contribution in [2.24, 2.45) is 10.9 Å². The fraction of sp³-hybridized carbons (Fsp3) is 0.458. The average Bonchev–Trinajstić information content (AvgIpc) is 2.85. The van der Waals surface area contributed by atoms with Crippen LogP contribution in [0.15, 0.2) is 34.1 Å². The number of carbonyl (C=O) groups is 1. The van der Waals surface area contributed by atoms with Crippen LogP contribution in [-0.4, -0.2) is 78.7 Å². The van der Waals surface area contributed by atoms with Gasteiger partial charge in [0.15, 0.2) is 5.75 Å². The standard InChI is InChI=1S/C24H28FN5O4/c25-17-3-1-15(2-4-17)13-16-14-28-20-21-19(16)26-6-8-30(21)24(33)18(22(20)31)23(32)27-5-7-29-9-11-34-12-10-29/h1-4,16,28,31H,5-14H2,(H,27,32). The number of halogens is 1. The van der Waals surface area contributed by atoms with E-state index in [-0.39, 0.29) is 23.0 Å². The molecule has 1 saturated heterocycles. The van der Waals surface area contributed by atoms with E-state index >= 15 is 0 Å². The number of amides is 1. The topological polar surface area (TPSA) is 108 Å². The third kappa shape index (κ3) is 4.30. The minimum atomic E-state index is -0.582. The van der Waals surface area contributed by atoms with Crippen molar-refractivity contribution in [3.8, 4) is 5.75 Å². The summed E-state index contributed by atoms with van der Waals surface area (Å²) in [6, 6.07) is 6.33. The monoisotopic (exact) mass is 469 g/mol. The Morgan fingerprint density at radius 2 is 2.00 bits per heavy atom. The zero-order valence-corrected chi connectivity index (χ0v) is 18.8. The summed E-state index contributed by atoms with van der Waals surface area (Å²) in [5.74, 6) is -1.26. The van der Waals surface area contributed by atoms with Gasteiger partial charge in [-0.25, -0.2) is 4.39 Å². The third-order valence-electron chi connectivity index (χ3n) is 6.64. The largest absolute Gasteiger partial charge is 0.505 e. The predicted octanol–water partition coefficient (Wildman–Crippen LogP) is 0.842. The van der Waals surface area contributed by atoms with Gasteiger partial charge in [0.25, 0.3) is 11.5 Å². The molecule has 4 heterocycles. The van der Waals surface area contributed by atoms with Gasteiger partial charge in [0.1, 0.15) is 17.1 Å². The molecule has 1 amide bonds. The van der Waals surface area contributed by atoms with E-state index in [0.717, 1.165) is 24.4 Å². The molecule has 0 spiro atoms. The Kier molecular flexibility index (Phi) is 6.34. The first-order chi connectivity index (χ1) is 16.5. The number of aliphatic imine (C=N–C) groups is 1. The second-order valence-electron chi connectivity index (χ2n) is 8.79. The Hall–Kier alpha value is -3.24. The van der Waals surface area contributed by atoms with E-state index in [1.165, 1.54) is 16.7 Å². The molecule has 180 valence electrons. The van der Waals surface area contributed by atoms with Crippen LogP contribution in [0.5, 0.6) is 5.75 Å². The second kappa shape index (κ2) is 9.55. The second-order valence-corrected chi connectivity index (χ2v) is 8.79. The molecule has 5 rings (SSSR count). The highest BCUT2D eigenvalue weighted by atomic mass is 19.1. The van der Waals surface area contributed by atoms with E-state index in [1.54, 1.807) is 12.1 Å². The van der Waals surface area contributed by atoms with Crippen LogP contribution in [-0.2, 0) is 17.7 Å². The van der Waals surface area contributed by atoms with Crippen LogP contribution < -0.4 is 16.2 Å². The molecule has 2 aromatic rings. The van der Waals surface area contributed by atoms with E-state index in [9.17, 15) is 19.1 Å². The summed E-state index contributed by atoms with van der Waals surface area (Å²) >= 11 is 0. The lowest BCUT2D eigenvalue weighted by Gasteiger charge is -2.33. The van der Waals surface area contributed by atoms with Gasteiger partial charge in [-0.3, -0.25) is 19.5 Å². The molecule has 3 N–H and O–H groups in total. The molecule has 1 unspecified atom stereocenters. The van der Waals surface area contributed by atoms with Gasteiger partial charge < -0.3 is 25.0 Å². The van der Waals surface area contributed by atoms with E-state index < -0.39 is 11.5 Å². The first kappa shape index (κ1) is 22.5. The number of ether oxygens (including phenoxy) is 1. The maximum absolute atomic E-state index is 13.3. The highest BCUT2D eigenvalue weighted by molar-refractivity contribution is 6.10. The molecule has 0 bridgehead atoms. The Labute approximate surface area is 196 Å². The van der Waals surface area contributed by atoms with Crippen LogP contribution in [0.4, 0.5) is 10.1 Å². The number of nitrogens with zero attached hydrogens (tertiary/aromatic N) is 3. The number of aromatic hydroxyl groups is 1. The van der Waals surface area contributed by atoms with E-state index in [0.29, 0.717) is 63.7 Å². The number of morpholine rings is 1. The van der Waals surface area contributed by atoms with Crippen LogP contribution in [0.25, 0.3) is 0 Å². The van der Waals surface area contributed by atoms with Crippen LogP contribution in [0.1, 0.15) is 21.6 Å². The summed E-state index contributed by atoms with van der Waals surface area (Å²) in [5, 5.41) is 16.9. The third-order valence-corrected chi connectivity index (χ3v) is 6.64. The molecular formula is C24H28FN5O4. The fourth-order valence-corrected chi connectivity index (χ4v) is 4.87. The smallest absolute Gasteiger partial charge is 0.267 e. The van der Waals surface area contributed by atoms with E-state index in [4.69, 9.17) is 4.74 Å². The van der Waals surface area contributed by atoms with Gasteiger partial charge in [0.2, 0.25) is 0 Å². The van der Waals surface area contributed by atoms with Gasteiger partial charge in [-0.15, -0.1) is 0 Å². The number of carbonyl (C=O) groups excluding carboxylic acids is 1. The van der Waals surface area contributed by atoms with Crippen molar-refractivity contribution in [1.29, 1.82) is 0 Å². The normalized spacial score (nSPS) is 19.7. The van der Waals surface area contributed by atoms with Gasteiger partial charge in [0.05, 0.1) is 31.2 Å². The van der Waals surface area contributed by atoms with Gasteiger partial charge in [-0.05, 0) is 24.1 Å². The van der Waals surface area contributed by atoms with Crippen LogP contribution in [0.2, 0.25) is 0 Å². The van der Waals surface area contributed by atoms with E-state index in [1.807, 2.05) is 0 Å². The Morgan fingerprint density at radius 1 is 1.24 bits per heavy atom. The molecule has 3 aliphatic rings. The van der Waals surface area contributed by atoms with Crippen molar-refractivity contribution in [3.05, 3.63) is 57.3 Å². The van der Waals surface area contributed by atoms with Crippen molar-refractivity contribution in [3.63, 3.8) is 0 Å². The van der Waals surface area contributed by atoms with Crippen LogP contribution in [0, 0.1) is 11.7 Å². The molecule has 1 aromatic carbocycles. The lowest BCUT2D eigenvalue weighted by atomic mass is 9.87. The SMILES string of the molecule is O=C(NCCN1CCOCC1)c1c(O)c2c3n(c1=O)CCN=C3C(Cc1ccc(F)cc1)CN2. The molecule has 9 nitrogen and oxygen atoms in total. The molecule has 1 atom stereocenters. The number of pyridine rings is 1. The van der Waals surface area contributed by atoms with Gasteiger partial charge in [-0.1, -0.05) is 12.1 Å². The quantitative estimate of drug-likeness (QED) is 0.579. The van der Waals surface area contributed by atoms with Crippen LogP contribution in [0.3, 0.4) is 0 Å². The number of hydrogen-bond acceptors (Lipinski definition) is 7. The van der Waals surface area contributed by atoms with Crippen molar-refractivity contribution in [2.45, 2.75) is 13.0 Å². The molecule has 0 radical (unpaired) electrons. The lowest BCUT2D eigenvalue weighted by molar-refractivity contribution is 0.0383. The summed E-state index contributed by atoms with van der Waals surface area (Å²) in [7, 11) is 0. The van der Waals surface area contributed by atoms with Gasteiger partial charge >= 0.3 is 0 Å². The number of nitrogens with one attached hydrogen (secondary N) is 2. The molecule has 1 aromatic heterocycles. The van der Waals surface area contributed by atoms with Crippen LogP contribution >= 0.6 is 0 Å². The Balaban J connectivity index is 1.38. The Morgan fingerprint density at radius 3 is 2.76 bits per heavy atom. The molecule has 34 heavy (non-hydrogen) atoms. The van der Waals surface area contributed by atoms with Crippen molar-refractivity contribution >= 4 is 17.3 Å². The first-order valence-corrected chi connectivity index (χ1v) is 11.6. The number of benzene rings is 1. The molecule has 0 saturated carbocycles. The Bertz CT molecular complexity index is 1170. The highest BCUT2D eigenvalue weighted by Gasteiger charge is 2.35. The first-order valence-electron chi connectivity index (χ1n) is 11.6. The minimum absolute atomic E-state index is 0.0449. The molecule has 3 aliphatic heterocycles. The molecule has 10 heteroatoms. The minimum Gasteiger partial charge on any atom is -0.505 e. The fourth-order valence-electron chi connectivity index (χ4n) is 4.87. The summed E-state index contributed by atoms with van der Waals surface area (Å²) in [6.45, 7) is 5.20. The van der Waals surface area contributed by atoms with Crippen molar-refractivity contribution in [1.82, 2.24) is 14.8 Å². The zero-order chi connectivity index (χ0) is 23.7. The zero-order valence-electron chi connectivity index (χ0n) is 18.8. The molecule has 1 fully saturated rings. The van der Waals surface area contributed by atoms with E-state index in [2.05, 4.69) is 20.5 Å². The van der Waals surface area contributed by atoms with Gasteiger partial charge in [-0.2, -0.15) is 0 Å². The van der Waals surface area contributed by atoms with Crippen molar-refractivity contribution in [2.75, 3.05) is 57.8 Å². The summed E-state index contributed by atoms with van der Waals surface area (Å²) in [6.07, 6.45) is 0.615. The summed E-state index contributed by atoms with van der Waals surface area (Å²) in [5.41, 5.74) is 1.84. The summed E-state index contributed by atoms with van der Waals surface area (Å²) in [4.78, 5) is 33.0. The maximum Gasteiger partial charge on any atom is 0.267 e. The highest BCUT2D eigenvalue weighted by Crippen LogP contribution is 2.36. The number of aromatic nitrogens is 1. The maximum atomic E-state index is 13.3. The number of anilines is 1. The summed E-state index contributed by atoms with van der Waals surface area (Å²) < 4.78 is 20.2. The molecule has 0 aliphatic carbocycles. The number of rotatable bonds is 6. The van der Waals surface area contributed by atoms with Gasteiger partial charge in [0, 0.05) is 45.2 Å². The molecular weight excluding hydrogens is 441 g/mol.